The number of hydrogen-bond acceptors (Lipinski definition) is 4. The van der Waals surface area contributed by atoms with Crippen LogP contribution in [0.2, 0.25) is 0 Å². The molecule has 0 saturated carbocycles. The Morgan fingerprint density at radius 1 is 1.09 bits per heavy atom. The van der Waals surface area contributed by atoms with Crippen molar-refractivity contribution in [3.63, 3.8) is 0 Å². The molecule has 1 aliphatic heterocycles. The molecule has 2 N–H and O–H groups in total. The van der Waals surface area contributed by atoms with Crippen LogP contribution in [0.4, 0.5) is 0 Å². The van der Waals surface area contributed by atoms with Gasteiger partial charge in [-0.2, -0.15) is 5.26 Å². The van der Waals surface area contributed by atoms with E-state index in [1.165, 1.54) is 0 Å². The summed E-state index contributed by atoms with van der Waals surface area (Å²) in [7, 11) is 1.65. The monoisotopic (exact) mass is 294 g/mol. The second-order valence-corrected chi connectivity index (χ2v) is 5.44. The van der Waals surface area contributed by atoms with E-state index < -0.39 is 0 Å². The highest BCUT2D eigenvalue weighted by molar-refractivity contribution is 5.64. The van der Waals surface area contributed by atoms with E-state index in [1.807, 2.05) is 36.4 Å². The van der Waals surface area contributed by atoms with Gasteiger partial charge >= 0.3 is 0 Å². The van der Waals surface area contributed by atoms with Gasteiger partial charge in [-0.05, 0) is 28.8 Å². The van der Waals surface area contributed by atoms with Crippen molar-refractivity contribution in [3.8, 4) is 22.9 Å². The number of nitrogens with zero attached hydrogens (tertiary/aromatic N) is 1. The van der Waals surface area contributed by atoms with Gasteiger partial charge in [-0.1, -0.05) is 36.4 Å². The zero-order chi connectivity index (χ0) is 15.5. The van der Waals surface area contributed by atoms with E-state index in [-0.39, 0.29) is 24.6 Å². The van der Waals surface area contributed by atoms with Crippen LogP contribution < -0.4 is 10.1 Å². The first kappa shape index (κ1) is 14.6. The number of ether oxygens (including phenoxy) is 1. The number of benzene rings is 2. The number of hydrogen-bond donors (Lipinski definition) is 2. The van der Waals surface area contributed by atoms with E-state index in [4.69, 9.17) is 10.00 Å². The Kier molecular flexibility index (Phi) is 4.10. The Morgan fingerprint density at radius 2 is 1.68 bits per heavy atom. The van der Waals surface area contributed by atoms with Gasteiger partial charge in [0, 0.05) is 12.0 Å². The zero-order valence-corrected chi connectivity index (χ0v) is 12.4. The largest absolute Gasteiger partial charge is 0.497 e. The molecule has 1 fully saturated rings. The van der Waals surface area contributed by atoms with Crippen LogP contribution in [0.15, 0.2) is 48.5 Å². The third-order valence-electron chi connectivity index (χ3n) is 4.24. The Hall–Kier alpha value is -2.35. The lowest BCUT2D eigenvalue weighted by Crippen LogP contribution is -2.60. The summed E-state index contributed by atoms with van der Waals surface area (Å²) in [4.78, 5) is 0. The topological polar surface area (TPSA) is 65.3 Å². The highest BCUT2D eigenvalue weighted by Crippen LogP contribution is 2.33. The molecule has 1 saturated heterocycles. The van der Waals surface area contributed by atoms with Crippen LogP contribution >= 0.6 is 0 Å². The first-order valence-corrected chi connectivity index (χ1v) is 7.27. The summed E-state index contributed by atoms with van der Waals surface area (Å²) in [5.41, 5.74) is 3.32. The number of nitriles is 1. The molecule has 0 aliphatic carbocycles. The van der Waals surface area contributed by atoms with Gasteiger partial charge in [0.05, 0.1) is 19.8 Å². The maximum Gasteiger partial charge on any atom is 0.118 e. The molecule has 3 atom stereocenters. The first-order valence-electron chi connectivity index (χ1n) is 7.27. The molecular weight excluding hydrogens is 276 g/mol. The van der Waals surface area contributed by atoms with Crippen molar-refractivity contribution in [2.45, 2.75) is 18.0 Å². The number of nitrogens with one attached hydrogen (secondary N) is 1. The van der Waals surface area contributed by atoms with Gasteiger partial charge in [0.1, 0.15) is 11.8 Å². The molecule has 4 nitrogen and oxygen atoms in total. The fourth-order valence-corrected chi connectivity index (χ4v) is 2.94. The van der Waals surface area contributed by atoms with Crippen LogP contribution in [0, 0.1) is 11.3 Å². The Labute approximate surface area is 130 Å². The van der Waals surface area contributed by atoms with Crippen molar-refractivity contribution in [2.24, 2.45) is 0 Å². The molecule has 0 radical (unpaired) electrons. The lowest BCUT2D eigenvalue weighted by atomic mass is 9.78. The average Bonchev–Trinajstić information content (AvgIpc) is 2.55. The van der Waals surface area contributed by atoms with Gasteiger partial charge < -0.3 is 9.84 Å². The van der Waals surface area contributed by atoms with E-state index in [9.17, 15) is 5.11 Å². The highest BCUT2D eigenvalue weighted by Gasteiger charge is 2.41. The number of aliphatic hydroxyl groups is 1. The van der Waals surface area contributed by atoms with E-state index in [0.717, 1.165) is 22.4 Å². The predicted octanol–water partition coefficient (Wildman–Crippen LogP) is 2.30. The smallest absolute Gasteiger partial charge is 0.118 e. The summed E-state index contributed by atoms with van der Waals surface area (Å²) in [5.74, 6) is 0.892. The summed E-state index contributed by atoms with van der Waals surface area (Å²) in [6.45, 7) is 0.0447. The first-order chi connectivity index (χ1) is 10.8. The van der Waals surface area contributed by atoms with Crippen molar-refractivity contribution >= 4 is 0 Å². The minimum atomic E-state index is -0.219. The molecule has 0 amide bonds. The zero-order valence-electron chi connectivity index (χ0n) is 12.4. The fourth-order valence-electron chi connectivity index (χ4n) is 2.94. The van der Waals surface area contributed by atoms with Gasteiger partial charge in [-0.3, -0.25) is 5.32 Å². The SMILES string of the molecule is COc1ccc(-c2ccc([C@H]3[C@H](C#N)N[C@H]3CO)cc2)cc1. The van der Waals surface area contributed by atoms with E-state index >= 15 is 0 Å². The number of rotatable bonds is 4. The summed E-state index contributed by atoms with van der Waals surface area (Å²) >= 11 is 0. The summed E-state index contributed by atoms with van der Waals surface area (Å²) in [6, 6.07) is 18.1. The van der Waals surface area contributed by atoms with E-state index in [2.05, 4.69) is 23.5 Å². The summed E-state index contributed by atoms with van der Waals surface area (Å²) in [6.07, 6.45) is 0. The molecule has 0 aromatic heterocycles. The minimum Gasteiger partial charge on any atom is -0.497 e. The minimum absolute atomic E-state index is 0.0310. The molecule has 112 valence electrons. The standard InChI is InChI=1S/C18H18N2O2/c1-22-15-8-6-13(7-9-15)12-2-4-14(5-3-12)18-16(10-19)20-17(18)11-21/h2-9,16-18,20-21H,11H2,1H3/t16-,17-,18-/m0/s1. The molecular formula is C18H18N2O2. The van der Waals surface area contributed by atoms with E-state index in [1.54, 1.807) is 7.11 Å². The molecule has 2 aromatic carbocycles. The number of methoxy groups -OCH3 is 1. The van der Waals surface area contributed by atoms with Crippen molar-refractivity contribution in [1.82, 2.24) is 5.32 Å². The van der Waals surface area contributed by atoms with Crippen LogP contribution in [0.1, 0.15) is 11.5 Å². The molecule has 1 heterocycles. The highest BCUT2D eigenvalue weighted by atomic mass is 16.5. The maximum absolute atomic E-state index is 9.33. The van der Waals surface area contributed by atoms with Crippen molar-refractivity contribution in [2.75, 3.05) is 13.7 Å². The molecule has 3 rings (SSSR count). The van der Waals surface area contributed by atoms with Crippen LogP contribution in [0.3, 0.4) is 0 Å². The second-order valence-electron chi connectivity index (χ2n) is 5.44. The lowest BCUT2D eigenvalue weighted by Gasteiger charge is -2.41. The lowest BCUT2D eigenvalue weighted by molar-refractivity contribution is 0.151. The quantitative estimate of drug-likeness (QED) is 0.908. The number of aliphatic hydroxyl groups excluding tert-OH is 1. The van der Waals surface area contributed by atoms with Crippen molar-refractivity contribution in [1.29, 1.82) is 5.26 Å². The molecule has 0 spiro atoms. The van der Waals surface area contributed by atoms with Crippen LogP contribution in [0.25, 0.3) is 11.1 Å². The van der Waals surface area contributed by atoms with Crippen LogP contribution in [-0.4, -0.2) is 30.9 Å². The molecule has 2 aromatic rings. The molecule has 4 heteroatoms. The summed E-state index contributed by atoms with van der Waals surface area (Å²) in [5, 5.41) is 21.5. The third-order valence-corrected chi connectivity index (χ3v) is 4.24. The maximum atomic E-state index is 9.33. The summed E-state index contributed by atoms with van der Waals surface area (Å²) < 4.78 is 5.16. The van der Waals surface area contributed by atoms with E-state index in [0.29, 0.717) is 0 Å². The average molecular weight is 294 g/mol. The Morgan fingerprint density at radius 3 is 2.18 bits per heavy atom. The molecule has 1 aliphatic rings. The normalized spacial score (nSPS) is 23.4. The fraction of sp³-hybridized carbons (Fsp3) is 0.278. The predicted molar refractivity (Wildman–Crippen MR) is 84.6 cm³/mol. The molecule has 0 unspecified atom stereocenters. The van der Waals surface area contributed by atoms with Gasteiger partial charge in [-0.25, -0.2) is 0 Å². The third kappa shape index (κ3) is 2.57. The Bertz CT molecular complexity index is 674. The molecule has 22 heavy (non-hydrogen) atoms. The van der Waals surface area contributed by atoms with Crippen molar-refractivity contribution < 1.29 is 9.84 Å². The molecule has 0 bridgehead atoms. The van der Waals surface area contributed by atoms with Crippen molar-refractivity contribution in [3.05, 3.63) is 54.1 Å². The van der Waals surface area contributed by atoms with Gasteiger partial charge in [-0.15, -0.1) is 0 Å². The van der Waals surface area contributed by atoms with Gasteiger partial charge in [0.25, 0.3) is 0 Å². The second kappa shape index (κ2) is 6.18. The van der Waals surface area contributed by atoms with Gasteiger partial charge in [0.2, 0.25) is 0 Å². The van der Waals surface area contributed by atoms with Crippen LogP contribution in [-0.2, 0) is 0 Å². The van der Waals surface area contributed by atoms with Crippen LogP contribution in [0.5, 0.6) is 5.75 Å². The van der Waals surface area contributed by atoms with Gasteiger partial charge in [0.15, 0.2) is 0 Å². The Balaban J connectivity index is 1.81.